The summed E-state index contributed by atoms with van der Waals surface area (Å²) in [6.45, 7) is 3.22. The smallest absolute Gasteiger partial charge is 0.271 e. The van der Waals surface area contributed by atoms with Gasteiger partial charge in [-0.15, -0.1) is 0 Å². The largest absolute Gasteiger partial charge is 0.345 e. The lowest BCUT2D eigenvalue weighted by atomic mass is 10.3. The fourth-order valence-corrected chi connectivity index (χ4v) is 1.47. The predicted octanol–water partition coefficient (Wildman–Crippen LogP) is 0.623. The minimum atomic E-state index is -0.234. The van der Waals surface area contributed by atoms with Crippen molar-refractivity contribution in [3.8, 4) is 0 Å². The fraction of sp³-hybridized carbons (Fsp3) is 0.273. The zero-order valence-corrected chi connectivity index (χ0v) is 9.50. The van der Waals surface area contributed by atoms with Crippen LogP contribution in [0.5, 0.6) is 0 Å². The van der Waals surface area contributed by atoms with Crippen LogP contribution in [-0.4, -0.2) is 25.7 Å². The van der Waals surface area contributed by atoms with E-state index in [0.717, 1.165) is 12.2 Å². The molecule has 0 bridgehead atoms. The van der Waals surface area contributed by atoms with Crippen LogP contribution in [0.4, 0.5) is 0 Å². The molecule has 0 saturated carbocycles. The number of aromatic nitrogens is 4. The highest BCUT2D eigenvalue weighted by atomic mass is 16.1. The number of nitrogens with zero attached hydrogens (tertiary/aromatic N) is 4. The standard InChI is InChI=1S/C11H13N5O/c1-2-16-9(3-4-15-16)7-14-11(17)10-8-12-5-6-13-10/h3-6,8H,2,7H2,1H3,(H,14,17). The van der Waals surface area contributed by atoms with Crippen LogP contribution in [0.1, 0.15) is 23.1 Å². The lowest BCUT2D eigenvalue weighted by molar-refractivity contribution is 0.0944. The van der Waals surface area contributed by atoms with E-state index in [1.165, 1.54) is 18.6 Å². The molecule has 0 aliphatic heterocycles. The molecule has 2 aromatic heterocycles. The Morgan fingerprint density at radius 1 is 1.41 bits per heavy atom. The van der Waals surface area contributed by atoms with Crippen molar-refractivity contribution in [3.63, 3.8) is 0 Å². The summed E-state index contributed by atoms with van der Waals surface area (Å²) in [5.41, 5.74) is 1.28. The first-order chi connectivity index (χ1) is 8.31. The van der Waals surface area contributed by atoms with E-state index in [-0.39, 0.29) is 5.91 Å². The van der Waals surface area contributed by atoms with Crippen molar-refractivity contribution in [2.45, 2.75) is 20.0 Å². The molecule has 2 aromatic rings. The molecule has 1 N–H and O–H groups in total. The van der Waals surface area contributed by atoms with E-state index < -0.39 is 0 Å². The molecule has 0 spiro atoms. The van der Waals surface area contributed by atoms with E-state index in [4.69, 9.17) is 0 Å². The molecule has 88 valence electrons. The van der Waals surface area contributed by atoms with E-state index in [1.54, 1.807) is 6.20 Å². The second-order valence-electron chi connectivity index (χ2n) is 3.41. The molecule has 17 heavy (non-hydrogen) atoms. The molecule has 0 aromatic carbocycles. The van der Waals surface area contributed by atoms with Crippen molar-refractivity contribution in [2.24, 2.45) is 0 Å². The van der Waals surface area contributed by atoms with Gasteiger partial charge in [-0.2, -0.15) is 5.10 Å². The van der Waals surface area contributed by atoms with Gasteiger partial charge in [0, 0.05) is 25.1 Å². The van der Waals surface area contributed by atoms with Gasteiger partial charge in [0.1, 0.15) is 5.69 Å². The molecule has 6 nitrogen and oxygen atoms in total. The van der Waals surface area contributed by atoms with Crippen LogP contribution in [0.3, 0.4) is 0 Å². The Bertz CT molecular complexity index is 494. The molecule has 0 radical (unpaired) electrons. The summed E-state index contributed by atoms with van der Waals surface area (Å²) in [7, 11) is 0. The molecule has 1 amide bonds. The van der Waals surface area contributed by atoms with Gasteiger partial charge in [0.25, 0.3) is 5.91 Å². The minimum Gasteiger partial charge on any atom is -0.345 e. The maximum Gasteiger partial charge on any atom is 0.271 e. The summed E-state index contributed by atoms with van der Waals surface area (Å²) in [4.78, 5) is 19.5. The number of carbonyl (C=O) groups excluding carboxylic acids is 1. The number of carbonyl (C=O) groups is 1. The van der Waals surface area contributed by atoms with Crippen molar-refractivity contribution >= 4 is 5.91 Å². The van der Waals surface area contributed by atoms with Crippen molar-refractivity contribution in [1.82, 2.24) is 25.1 Å². The van der Waals surface area contributed by atoms with Crippen LogP contribution in [0.15, 0.2) is 30.9 Å². The molecule has 2 rings (SSSR count). The molecule has 0 atom stereocenters. The number of hydrogen-bond donors (Lipinski definition) is 1. The molecule has 0 aliphatic rings. The lowest BCUT2D eigenvalue weighted by Crippen LogP contribution is -2.25. The Morgan fingerprint density at radius 2 is 2.29 bits per heavy atom. The van der Waals surface area contributed by atoms with Crippen LogP contribution < -0.4 is 5.32 Å². The van der Waals surface area contributed by atoms with Crippen LogP contribution in [0.25, 0.3) is 0 Å². The summed E-state index contributed by atoms with van der Waals surface area (Å²) >= 11 is 0. The Hall–Kier alpha value is -2.24. The monoisotopic (exact) mass is 231 g/mol. The summed E-state index contributed by atoms with van der Waals surface area (Å²) < 4.78 is 1.83. The number of amides is 1. The fourth-order valence-electron chi connectivity index (χ4n) is 1.47. The molecule has 2 heterocycles. The molecule has 6 heteroatoms. The molecular weight excluding hydrogens is 218 g/mol. The lowest BCUT2D eigenvalue weighted by Gasteiger charge is -2.06. The van der Waals surface area contributed by atoms with E-state index in [9.17, 15) is 4.79 Å². The van der Waals surface area contributed by atoms with Gasteiger partial charge in [0.15, 0.2) is 0 Å². The Labute approximate surface area is 98.7 Å². The third-order valence-corrected chi connectivity index (χ3v) is 2.33. The van der Waals surface area contributed by atoms with Crippen molar-refractivity contribution < 1.29 is 4.79 Å². The molecule has 0 fully saturated rings. The molecular formula is C11H13N5O. The average molecular weight is 231 g/mol. The Morgan fingerprint density at radius 3 is 3.00 bits per heavy atom. The predicted molar refractivity (Wildman–Crippen MR) is 61.1 cm³/mol. The molecule has 0 unspecified atom stereocenters. The highest BCUT2D eigenvalue weighted by molar-refractivity contribution is 5.91. The minimum absolute atomic E-state index is 0.234. The van der Waals surface area contributed by atoms with Gasteiger partial charge >= 0.3 is 0 Å². The zero-order valence-electron chi connectivity index (χ0n) is 9.50. The topological polar surface area (TPSA) is 72.7 Å². The molecule has 0 saturated heterocycles. The Balaban J connectivity index is 1.97. The first kappa shape index (κ1) is 11.3. The van der Waals surface area contributed by atoms with Crippen molar-refractivity contribution in [2.75, 3.05) is 0 Å². The van der Waals surface area contributed by atoms with Gasteiger partial charge in [-0.05, 0) is 13.0 Å². The number of hydrogen-bond acceptors (Lipinski definition) is 4. The molecule has 0 aliphatic carbocycles. The van der Waals surface area contributed by atoms with E-state index in [1.807, 2.05) is 17.7 Å². The second-order valence-corrected chi connectivity index (χ2v) is 3.41. The van der Waals surface area contributed by atoms with Crippen molar-refractivity contribution in [1.29, 1.82) is 0 Å². The van der Waals surface area contributed by atoms with Crippen LogP contribution in [0.2, 0.25) is 0 Å². The Kier molecular flexibility index (Phi) is 3.44. The SMILES string of the molecule is CCn1nccc1CNC(=O)c1cnccn1. The van der Waals surface area contributed by atoms with Gasteiger partial charge < -0.3 is 5.32 Å². The second kappa shape index (κ2) is 5.20. The van der Waals surface area contributed by atoms with Crippen LogP contribution in [-0.2, 0) is 13.1 Å². The van der Waals surface area contributed by atoms with E-state index >= 15 is 0 Å². The summed E-state index contributed by atoms with van der Waals surface area (Å²) in [5, 5.41) is 6.90. The summed E-state index contributed by atoms with van der Waals surface area (Å²) in [6, 6.07) is 1.88. The van der Waals surface area contributed by atoms with Gasteiger partial charge in [-0.3, -0.25) is 14.5 Å². The highest BCUT2D eigenvalue weighted by Crippen LogP contribution is 1.99. The maximum atomic E-state index is 11.7. The quantitative estimate of drug-likeness (QED) is 0.837. The normalized spacial score (nSPS) is 10.2. The number of rotatable bonds is 4. The summed E-state index contributed by atoms with van der Waals surface area (Å²) in [5.74, 6) is -0.234. The van der Waals surface area contributed by atoms with E-state index in [2.05, 4.69) is 20.4 Å². The first-order valence-electron chi connectivity index (χ1n) is 5.36. The van der Waals surface area contributed by atoms with Gasteiger partial charge in [-0.1, -0.05) is 0 Å². The van der Waals surface area contributed by atoms with Crippen molar-refractivity contribution in [3.05, 3.63) is 42.2 Å². The van der Waals surface area contributed by atoms with Gasteiger partial charge in [0.2, 0.25) is 0 Å². The number of nitrogens with one attached hydrogen (secondary N) is 1. The maximum absolute atomic E-state index is 11.7. The highest BCUT2D eigenvalue weighted by Gasteiger charge is 2.07. The van der Waals surface area contributed by atoms with Crippen LogP contribution in [0, 0.1) is 0 Å². The van der Waals surface area contributed by atoms with Gasteiger partial charge in [0.05, 0.1) is 18.4 Å². The average Bonchev–Trinajstić information content (AvgIpc) is 2.84. The third kappa shape index (κ3) is 2.66. The first-order valence-corrected chi connectivity index (χ1v) is 5.36. The van der Waals surface area contributed by atoms with E-state index in [0.29, 0.717) is 12.2 Å². The van der Waals surface area contributed by atoms with Gasteiger partial charge in [-0.25, -0.2) is 4.98 Å². The summed E-state index contributed by atoms with van der Waals surface area (Å²) in [6.07, 6.45) is 6.17. The van der Waals surface area contributed by atoms with Crippen LogP contribution >= 0.6 is 0 Å². The number of aryl methyl sites for hydroxylation is 1. The zero-order chi connectivity index (χ0) is 12.1. The third-order valence-electron chi connectivity index (χ3n) is 2.33.